The van der Waals surface area contributed by atoms with E-state index >= 15 is 0 Å². The fourth-order valence-corrected chi connectivity index (χ4v) is 1.44. The highest BCUT2D eigenvalue weighted by molar-refractivity contribution is 6.21. The summed E-state index contributed by atoms with van der Waals surface area (Å²) in [6.45, 7) is -0.105. The van der Waals surface area contributed by atoms with Crippen LogP contribution in [0.3, 0.4) is 0 Å². The van der Waals surface area contributed by atoms with Crippen LogP contribution < -0.4 is 16.2 Å². The summed E-state index contributed by atoms with van der Waals surface area (Å²) in [6, 6.07) is 0. The predicted octanol–water partition coefficient (Wildman–Crippen LogP) is -1.01. The molecule has 2 heterocycles. The Morgan fingerprint density at radius 3 is 2.53 bits per heavy atom. The first-order chi connectivity index (χ1) is 7.00. The number of hydrogen-bond donors (Lipinski definition) is 4. The highest BCUT2D eigenvalue weighted by Gasteiger charge is 2.31. The fourth-order valence-electron chi connectivity index (χ4n) is 1.27. The molecule has 0 spiro atoms. The van der Waals surface area contributed by atoms with Crippen molar-refractivity contribution in [3.8, 4) is 0 Å². The van der Waals surface area contributed by atoms with E-state index in [1.54, 1.807) is 0 Å². The van der Waals surface area contributed by atoms with Crippen LogP contribution in [0.1, 0.15) is 5.69 Å². The maximum Gasteiger partial charge on any atom is 0.315 e. The smallest absolute Gasteiger partial charge is 0.315 e. The van der Waals surface area contributed by atoms with Crippen LogP contribution in [0, 0.1) is 0 Å². The summed E-state index contributed by atoms with van der Waals surface area (Å²) >= 11 is 5.58. The van der Waals surface area contributed by atoms with Gasteiger partial charge in [-0.15, -0.1) is 5.06 Å². The molecule has 1 aromatic heterocycles. The molecule has 0 aromatic carbocycles. The van der Waals surface area contributed by atoms with E-state index < -0.39 is 16.7 Å². The number of aromatic nitrogens is 2. The molecular formula is C6H7ClN4O4. The molecule has 0 amide bonds. The van der Waals surface area contributed by atoms with Gasteiger partial charge in [0.1, 0.15) is 0 Å². The normalized spacial score (nSPS) is 21.5. The third kappa shape index (κ3) is 1.53. The van der Waals surface area contributed by atoms with Gasteiger partial charge in [-0.05, 0) is 0 Å². The molecule has 0 saturated heterocycles. The molecule has 9 heteroatoms. The number of nitrogens with zero attached hydrogens (tertiary/aromatic N) is 2. The van der Waals surface area contributed by atoms with Gasteiger partial charge in [-0.1, -0.05) is 11.6 Å². The van der Waals surface area contributed by atoms with Gasteiger partial charge in [0, 0.05) is 0 Å². The highest BCUT2D eigenvalue weighted by Crippen LogP contribution is 2.24. The maximum absolute atomic E-state index is 11.0. The Morgan fingerprint density at radius 1 is 1.27 bits per heavy atom. The zero-order valence-corrected chi connectivity index (χ0v) is 8.02. The number of hydrogen-bond acceptors (Lipinski definition) is 6. The number of rotatable bonds is 0. The molecule has 0 aliphatic carbocycles. The maximum atomic E-state index is 11.0. The highest BCUT2D eigenvalue weighted by atomic mass is 35.5. The van der Waals surface area contributed by atoms with E-state index in [1.165, 1.54) is 0 Å². The van der Waals surface area contributed by atoms with Crippen molar-refractivity contribution in [1.29, 1.82) is 0 Å². The van der Waals surface area contributed by atoms with Crippen LogP contribution in [0.2, 0.25) is 0 Å². The Kier molecular flexibility index (Phi) is 2.27. The quantitative estimate of drug-likeness (QED) is 0.260. The zero-order chi connectivity index (χ0) is 11.2. The Balaban J connectivity index is 2.61. The lowest BCUT2D eigenvalue weighted by molar-refractivity contribution is -0.134. The second-order valence-corrected chi connectivity index (χ2v) is 3.38. The van der Waals surface area contributed by atoms with E-state index in [1.807, 2.05) is 0 Å². The number of aromatic amines is 2. The first kappa shape index (κ1) is 10.2. The van der Waals surface area contributed by atoms with Crippen molar-refractivity contribution in [2.75, 3.05) is 5.06 Å². The lowest BCUT2D eigenvalue weighted by Crippen LogP contribution is -2.48. The van der Waals surface area contributed by atoms with Crippen LogP contribution in [0.15, 0.2) is 9.59 Å². The summed E-state index contributed by atoms with van der Waals surface area (Å²) in [7, 11) is 0. The van der Waals surface area contributed by atoms with Gasteiger partial charge >= 0.3 is 11.1 Å². The minimum Gasteiger partial charge on any atom is -0.317 e. The number of nitrogens with one attached hydrogen (secondary N) is 2. The molecule has 82 valence electrons. The van der Waals surface area contributed by atoms with Gasteiger partial charge in [0.25, 0.3) is 0 Å². The van der Waals surface area contributed by atoms with Crippen LogP contribution in [-0.2, 0) is 6.54 Å². The van der Waals surface area contributed by atoms with Crippen molar-refractivity contribution in [3.05, 3.63) is 26.4 Å². The number of alkyl halides is 1. The lowest BCUT2D eigenvalue weighted by atomic mass is 10.3. The minimum atomic E-state index is -1.22. The van der Waals surface area contributed by atoms with Gasteiger partial charge in [0.15, 0.2) is 5.82 Å². The van der Waals surface area contributed by atoms with Crippen LogP contribution in [0.25, 0.3) is 0 Å². The fraction of sp³-hybridized carbons (Fsp3) is 0.333. The molecule has 8 nitrogen and oxygen atoms in total. The van der Waals surface area contributed by atoms with Gasteiger partial charge in [0.2, 0.25) is 5.62 Å². The number of H-pyrrole nitrogens is 2. The Hall–Kier alpha value is -1.35. The van der Waals surface area contributed by atoms with Crippen LogP contribution >= 0.6 is 11.6 Å². The minimum absolute atomic E-state index is 0.0371. The molecule has 1 aliphatic heterocycles. The van der Waals surface area contributed by atoms with E-state index in [9.17, 15) is 20.0 Å². The molecule has 0 fully saturated rings. The van der Waals surface area contributed by atoms with E-state index in [2.05, 4.69) is 9.97 Å². The Morgan fingerprint density at radius 2 is 1.87 bits per heavy atom. The van der Waals surface area contributed by atoms with E-state index in [4.69, 9.17) is 11.6 Å². The SMILES string of the molecule is O=c1[nH]c2c([nH]c1=O)N(O)C(Cl)N(O)C2. The van der Waals surface area contributed by atoms with Crippen molar-refractivity contribution < 1.29 is 10.4 Å². The lowest BCUT2D eigenvalue weighted by Gasteiger charge is -2.33. The van der Waals surface area contributed by atoms with Crippen molar-refractivity contribution >= 4 is 17.4 Å². The molecule has 0 bridgehead atoms. The summed E-state index contributed by atoms with van der Waals surface area (Å²) in [5.41, 5.74) is -2.81. The Labute approximate surface area is 87.2 Å². The molecular weight excluding hydrogens is 228 g/mol. The van der Waals surface area contributed by atoms with Crippen molar-refractivity contribution in [2.24, 2.45) is 0 Å². The molecule has 1 unspecified atom stereocenters. The van der Waals surface area contributed by atoms with E-state index in [-0.39, 0.29) is 18.1 Å². The van der Waals surface area contributed by atoms with Gasteiger partial charge in [-0.25, -0.2) is 5.06 Å². The second kappa shape index (κ2) is 3.35. The van der Waals surface area contributed by atoms with Crippen LogP contribution in [0.4, 0.5) is 5.82 Å². The van der Waals surface area contributed by atoms with Crippen molar-refractivity contribution in [2.45, 2.75) is 12.2 Å². The number of halogens is 1. The number of fused-ring (bicyclic) bond motifs is 1. The third-order valence-electron chi connectivity index (χ3n) is 1.99. The average Bonchev–Trinajstić information content (AvgIpc) is 2.19. The molecule has 2 rings (SSSR count). The topological polar surface area (TPSA) is 113 Å². The predicted molar refractivity (Wildman–Crippen MR) is 48.9 cm³/mol. The Bertz CT molecular complexity index is 497. The summed E-state index contributed by atoms with van der Waals surface area (Å²) in [6.07, 6.45) is 0. The standard InChI is InChI=1S/C6H7ClN4O4/c7-6-10(14)1-2-3(11(6)15)9-5(13)4(12)8-2/h6,14-15H,1H2,(H,8,12)(H,9,13). The molecule has 0 saturated carbocycles. The third-order valence-corrected chi connectivity index (χ3v) is 2.40. The summed E-state index contributed by atoms with van der Waals surface area (Å²) in [4.78, 5) is 26.3. The molecule has 4 N–H and O–H groups in total. The van der Waals surface area contributed by atoms with Gasteiger partial charge in [-0.3, -0.25) is 14.8 Å². The first-order valence-electron chi connectivity index (χ1n) is 3.94. The molecule has 0 radical (unpaired) electrons. The summed E-state index contributed by atoms with van der Waals surface area (Å²) in [5.74, 6) is -0.0371. The molecule has 1 atom stereocenters. The monoisotopic (exact) mass is 234 g/mol. The molecule has 1 aromatic rings. The number of anilines is 1. The van der Waals surface area contributed by atoms with Crippen molar-refractivity contribution in [3.63, 3.8) is 0 Å². The van der Waals surface area contributed by atoms with Crippen LogP contribution in [-0.4, -0.2) is 31.1 Å². The van der Waals surface area contributed by atoms with Crippen LogP contribution in [0.5, 0.6) is 0 Å². The second-order valence-electron chi connectivity index (χ2n) is 2.99. The summed E-state index contributed by atoms with van der Waals surface area (Å²) < 4.78 is 0. The average molecular weight is 235 g/mol. The van der Waals surface area contributed by atoms with E-state index in [0.29, 0.717) is 10.1 Å². The number of hydroxylamine groups is 3. The zero-order valence-electron chi connectivity index (χ0n) is 7.27. The molecule has 1 aliphatic rings. The van der Waals surface area contributed by atoms with E-state index in [0.717, 1.165) is 0 Å². The summed E-state index contributed by atoms with van der Waals surface area (Å²) in [5, 5.41) is 19.7. The van der Waals surface area contributed by atoms with Gasteiger partial charge < -0.3 is 15.2 Å². The first-order valence-corrected chi connectivity index (χ1v) is 4.37. The van der Waals surface area contributed by atoms with Gasteiger partial charge in [0.05, 0.1) is 12.2 Å². The molecule has 15 heavy (non-hydrogen) atoms. The van der Waals surface area contributed by atoms with Gasteiger partial charge in [-0.2, -0.15) is 0 Å². The largest absolute Gasteiger partial charge is 0.317 e. The van der Waals surface area contributed by atoms with Crippen molar-refractivity contribution in [1.82, 2.24) is 15.0 Å².